The van der Waals surface area contributed by atoms with E-state index in [0.717, 1.165) is 12.8 Å². The van der Waals surface area contributed by atoms with E-state index in [4.69, 9.17) is 5.11 Å². The zero-order valence-corrected chi connectivity index (χ0v) is 7.76. The lowest BCUT2D eigenvalue weighted by molar-refractivity contribution is -0.136. The molecule has 0 spiro atoms. The number of rotatable bonds is 2. The first-order chi connectivity index (χ1) is 5.61. The summed E-state index contributed by atoms with van der Waals surface area (Å²) in [5.74, 6) is -0.683. The van der Waals surface area contributed by atoms with E-state index >= 15 is 0 Å². The van der Waals surface area contributed by atoms with Crippen LogP contribution in [0, 0.1) is 0 Å². The molecule has 1 saturated heterocycles. The second-order valence-electron chi connectivity index (χ2n) is 2.99. The molecule has 2 unspecified atom stereocenters. The quantitative estimate of drug-likeness (QED) is 0.710. The van der Waals surface area contributed by atoms with Gasteiger partial charge in [-0.2, -0.15) is 0 Å². The summed E-state index contributed by atoms with van der Waals surface area (Å²) < 4.78 is 0. The summed E-state index contributed by atoms with van der Waals surface area (Å²) >= 11 is 1.30. The van der Waals surface area contributed by atoms with E-state index in [-0.39, 0.29) is 16.3 Å². The molecule has 0 saturated carbocycles. The number of carboxylic acids is 1. The molecule has 0 bridgehead atoms. The van der Waals surface area contributed by atoms with Gasteiger partial charge < -0.3 is 5.11 Å². The lowest BCUT2D eigenvalue weighted by Gasteiger charge is -2.23. The van der Waals surface area contributed by atoms with Gasteiger partial charge in [0.2, 0.25) is 0 Å². The molecule has 0 aromatic carbocycles. The summed E-state index contributed by atoms with van der Waals surface area (Å²) in [5, 5.41) is 8.25. The van der Waals surface area contributed by atoms with Gasteiger partial charge >= 0.3 is 5.97 Å². The van der Waals surface area contributed by atoms with Crippen LogP contribution in [-0.2, 0) is 9.59 Å². The van der Waals surface area contributed by atoms with Crippen LogP contribution in [0.15, 0.2) is 0 Å². The standard InChI is InChI=1S/C8H12O3S/c1-5(9)6-3-2-4-7(12-6)8(10)11/h6-7H,2-4H2,1H3,(H,10,11). The van der Waals surface area contributed by atoms with E-state index in [0.29, 0.717) is 6.42 Å². The Labute approximate surface area is 75.5 Å². The van der Waals surface area contributed by atoms with Gasteiger partial charge in [-0.1, -0.05) is 6.42 Å². The first-order valence-electron chi connectivity index (χ1n) is 4.00. The van der Waals surface area contributed by atoms with Gasteiger partial charge in [-0.25, -0.2) is 0 Å². The molecule has 1 aliphatic rings. The lowest BCUT2D eigenvalue weighted by Crippen LogP contribution is -2.28. The fourth-order valence-corrected chi connectivity index (χ4v) is 2.61. The third-order valence-electron chi connectivity index (χ3n) is 1.99. The summed E-state index contributed by atoms with van der Waals surface area (Å²) in [6, 6.07) is 0. The maximum atomic E-state index is 11.0. The molecule has 0 aliphatic carbocycles. The van der Waals surface area contributed by atoms with E-state index in [1.807, 2.05) is 0 Å². The Bertz CT molecular complexity index is 182. The SMILES string of the molecule is CC(=O)C1CCCC(C(=O)O)S1. The third kappa shape index (κ3) is 2.24. The van der Waals surface area contributed by atoms with Gasteiger partial charge in [0.05, 0.1) is 5.25 Å². The predicted octanol–water partition coefficient (Wildman–Crippen LogP) is 1.31. The minimum Gasteiger partial charge on any atom is -0.480 e. The van der Waals surface area contributed by atoms with Crippen molar-refractivity contribution in [2.45, 2.75) is 36.7 Å². The van der Waals surface area contributed by atoms with Crippen LogP contribution in [0.3, 0.4) is 0 Å². The van der Waals surface area contributed by atoms with Gasteiger partial charge in [-0.15, -0.1) is 11.8 Å². The van der Waals surface area contributed by atoms with Crippen LogP contribution in [-0.4, -0.2) is 27.4 Å². The van der Waals surface area contributed by atoms with E-state index in [1.54, 1.807) is 0 Å². The molecule has 0 aromatic rings. The second kappa shape index (κ2) is 3.94. The minimum atomic E-state index is -0.786. The third-order valence-corrected chi connectivity index (χ3v) is 3.65. The molecule has 2 atom stereocenters. The fourth-order valence-electron chi connectivity index (χ4n) is 1.30. The van der Waals surface area contributed by atoms with Crippen molar-refractivity contribution in [3.05, 3.63) is 0 Å². The van der Waals surface area contributed by atoms with Gasteiger partial charge in [-0.05, 0) is 19.8 Å². The van der Waals surface area contributed by atoms with Crippen LogP contribution in [0.4, 0.5) is 0 Å². The smallest absolute Gasteiger partial charge is 0.316 e. The predicted molar refractivity (Wildman–Crippen MR) is 47.3 cm³/mol. The molecule has 0 amide bonds. The molecular formula is C8H12O3S. The Hall–Kier alpha value is -0.510. The van der Waals surface area contributed by atoms with Crippen molar-refractivity contribution in [2.24, 2.45) is 0 Å². The van der Waals surface area contributed by atoms with Crippen molar-refractivity contribution in [3.8, 4) is 0 Å². The number of ketones is 1. The topological polar surface area (TPSA) is 54.4 Å². The van der Waals surface area contributed by atoms with Gasteiger partial charge in [0, 0.05) is 0 Å². The zero-order chi connectivity index (χ0) is 9.14. The first-order valence-corrected chi connectivity index (χ1v) is 4.94. The van der Waals surface area contributed by atoms with Crippen molar-refractivity contribution in [1.29, 1.82) is 0 Å². The lowest BCUT2D eigenvalue weighted by atomic mass is 10.1. The molecule has 4 heteroatoms. The second-order valence-corrected chi connectivity index (χ2v) is 4.40. The van der Waals surface area contributed by atoms with E-state index in [2.05, 4.69) is 0 Å². The van der Waals surface area contributed by atoms with Gasteiger partial charge in [0.25, 0.3) is 0 Å². The highest BCUT2D eigenvalue weighted by atomic mass is 32.2. The van der Waals surface area contributed by atoms with Crippen molar-refractivity contribution in [1.82, 2.24) is 0 Å². The monoisotopic (exact) mass is 188 g/mol. The summed E-state index contributed by atoms with van der Waals surface area (Å²) in [4.78, 5) is 21.5. The molecule has 1 heterocycles. The molecule has 68 valence electrons. The minimum absolute atomic E-state index is 0.0835. The molecular weight excluding hydrogens is 176 g/mol. The van der Waals surface area contributed by atoms with Crippen molar-refractivity contribution in [3.63, 3.8) is 0 Å². The van der Waals surface area contributed by atoms with E-state index in [1.165, 1.54) is 18.7 Å². The molecule has 0 radical (unpaired) electrons. The number of hydrogen-bond acceptors (Lipinski definition) is 3. The van der Waals surface area contributed by atoms with Crippen LogP contribution in [0.2, 0.25) is 0 Å². The Kier molecular flexibility index (Phi) is 3.14. The number of carboxylic acid groups (broad SMARTS) is 1. The molecule has 1 fully saturated rings. The normalized spacial score (nSPS) is 29.8. The highest BCUT2D eigenvalue weighted by Crippen LogP contribution is 2.32. The molecule has 1 rings (SSSR count). The number of thioether (sulfide) groups is 1. The molecule has 3 nitrogen and oxygen atoms in total. The van der Waals surface area contributed by atoms with Gasteiger partial charge in [0.1, 0.15) is 11.0 Å². The Morgan fingerprint density at radius 3 is 2.42 bits per heavy atom. The Morgan fingerprint density at radius 1 is 1.33 bits per heavy atom. The van der Waals surface area contributed by atoms with Crippen LogP contribution in [0.5, 0.6) is 0 Å². The Balaban J connectivity index is 2.51. The van der Waals surface area contributed by atoms with E-state index in [9.17, 15) is 9.59 Å². The highest BCUT2D eigenvalue weighted by molar-refractivity contribution is 8.01. The fraction of sp³-hybridized carbons (Fsp3) is 0.750. The van der Waals surface area contributed by atoms with Crippen molar-refractivity contribution < 1.29 is 14.7 Å². The molecule has 0 aromatic heterocycles. The van der Waals surface area contributed by atoms with Crippen molar-refractivity contribution in [2.75, 3.05) is 0 Å². The Morgan fingerprint density at radius 2 is 1.92 bits per heavy atom. The number of carbonyl (C=O) groups is 2. The highest BCUT2D eigenvalue weighted by Gasteiger charge is 2.29. The zero-order valence-electron chi connectivity index (χ0n) is 6.95. The van der Waals surface area contributed by atoms with E-state index < -0.39 is 5.97 Å². The van der Waals surface area contributed by atoms with Crippen LogP contribution in [0.25, 0.3) is 0 Å². The van der Waals surface area contributed by atoms with Crippen LogP contribution < -0.4 is 0 Å². The van der Waals surface area contributed by atoms with Crippen LogP contribution >= 0.6 is 11.8 Å². The molecule has 1 aliphatic heterocycles. The largest absolute Gasteiger partial charge is 0.480 e. The van der Waals surface area contributed by atoms with Gasteiger partial charge in [0.15, 0.2) is 0 Å². The maximum Gasteiger partial charge on any atom is 0.316 e. The average Bonchev–Trinajstić information content (AvgIpc) is 2.04. The average molecular weight is 188 g/mol. The summed E-state index contributed by atoms with van der Waals surface area (Å²) in [6.45, 7) is 1.53. The number of aliphatic carboxylic acids is 1. The number of carbonyl (C=O) groups excluding carboxylic acids is 1. The summed E-state index contributed by atoms with van der Waals surface area (Å²) in [5.41, 5.74) is 0. The molecule has 12 heavy (non-hydrogen) atoms. The number of hydrogen-bond donors (Lipinski definition) is 1. The summed E-state index contributed by atoms with van der Waals surface area (Å²) in [6.07, 6.45) is 2.39. The van der Waals surface area contributed by atoms with Gasteiger partial charge in [-0.3, -0.25) is 9.59 Å². The maximum absolute atomic E-state index is 11.0. The summed E-state index contributed by atoms with van der Waals surface area (Å²) in [7, 11) is 0. The molecule has 1 N–H and O–H groups in total. The number of Topliss-reactive ketones (excluding diaryl/α,β-unsaturated/α-hetero) is 1. The first kappa shape index (κ1) is 9.58. The van der Waals surface area contributed by atoms with Crippen molar-refractivity contribution >= 4 is 23.5 Å². The van der Waals surface area contributed by atoms with Crippen LogP contribution in [0.1, 0.15) is 26.2 Å².